The van der Waals surface area contributed by atoms with Gasteiger partial charge in [-0.1, -0.05) is 42.5 Å². The Kier molecular flexibility index (Phi) is 4.72. The molecule has 0 unspecified atom stereocenters. The molecule has 31 heavy (non-hydrogen) atoms. The largest absolute Gasteiger partial charge is 0.508 e. The molecule has 158 valence electrons. The maximum absolute atomic E-state index is 13.1. The summed E-state index contributed by atoms with van der Waals surface area (Å²) in [6.45, 7) is 0. The molecule has 7 heteroatoms. The number of rotatable bonds is 5. The first-order chi connectivity index (χ1) is 14.9. The monoisotopic (exact) mass is 436 g/mol. The van der Waals surface area contributed by atoms with Gasteiger partial charge < -0.3 is 19.1 Å². The third-order valence-corrected chi connectivity index (χ3v) is 7.28. The summed E-state index contributed by atoms with van der Waals surface area (Å²) < 4.78 is 37.8. The molecule has 2 aliphatic rings. The molecule has 3 aromatic rings. The molecule has 2 N–H and O–H groups in total. The predicted molar refractivity (Wildman–Crippen MR) is 116 cm³/mol. The van der Waals surface area contributed by atoms with Gasteiger partial charge in [0.05, 0.1) is 6.10 Å². The van der Waals surface area contributed by atoms with E-state index in [1.807, 2.05) is 0 Å². The number of aromatic hydroxyl groups is 2. The van der Waals surface area contributed by atoms with Crippen LogP contribution in [0.5, 0.6) is 17.2 Å². The Morgan fingerprint density at radius 2 is 1.32 bits per heavy atom. The van der Waals surface area contributed by atoms with Gasteiger partial charge in [0.15, 0.2) is 0 Å². The van der Waals surface area contributed by atoms with Crippen LogP contribution < -0.4 is 4.18 Å². The summed E-state index contributed by atoms with van der Waals surface area (Å²) in [6.07, 6.45) is -0.845. The highest BCUT2D eigenvalue weighted by Crippen LogP contribution is 2.51. The summed E-state index contributed by atoms with van der Waals surface area (Å²) in [4.78, 5) is 0. The van der Waals surface area contributed by atoms with Crippen LogP contribution in [0.15, 0.2) is 78.9 Å². The lowest BCUT2D eigenvalue weighted by Crippen LogP contribution is -2.35. The number of phenols is 2. The molecule has 0 amide bonds. The number of hydrogen-bond acceptors (Lipinski definition) is 6. The summed E-state index contributed by atoms with van der Waals surface area (Å²) in [6, 6.07) is 21.8. The first kappa shape index (κ1) is 19.7. The molecule has 0 aliphatic carbocycles. The van der Waals surface area contributed by atoms with E-state index in [1.165, 1.54) is 0 Å². The minimum atomic E-state index is -3.95. The second kappa shape index (κ2) is 7.44. The zero-order valence-corrected chi connectivity index (χ0v) is 17.2. The topological polar surface area (TPSA) is 93.1 Å². The number of ether oxygens (including phenoxy) is 1. The zero-order chi connectivity index (χ0) is 21.6. The normalized spacial score (nSPS) is 22.6. The highest BCUT2D eigenvalue weighted by atomic mass is 32.2. The van der Waals surface area contributed by atoms with E-state index in [4.69, 9.17) is 8.92 Å². The molecule has 3 atom stereocenters. The van der Waals surface area contributed by atoms with Crippen LogP contribution >= 0.6 is 0 Å². The van der Waals surface area contributed by atoms with Crippen LogP contribution in [0.3, 0.4) is 0 Å². The van der Waals surface area contributed by atoms with Crippen molar-refractivity contribution < 1.29 is 27.6 Å². The molecule has 1 fully saturated rings. The van der Waals surface area contributed by atoms with Crippen LogP contribution in [0.25, 0.3) is 11.1 Å². The van der Waals surface area contributed by atoms with Gasteiger partial charge in [0.1, 0.15) is 28.6 Å². The number of hydrogen-bond donors (Lipinski definition) is 2. The van der Waals surface area contributed by atoms with Gasteiger partial charge in [0, 0.05) is 6.42 Å². The summed E-state index contributed by atoms with van der Waals surface area (Å²) in [7, 11) is -3.95. The smallest absolute Gasteiger partial charge is 0.315 e. The average molecular weight is 436 g/mol. The Morgan fingerprint density at radius 1 is 0.774 bits per heavy atom. The molecule has 6 nitrogen and oxygen atoms in total. The Labute approximate surface area is 180 Å². The van der Waals surface area contributed by atoms with Crippen molar-refractivity contribution in [3.8, 4) is 17.2 Å². The van der Waals surface area contributed by atoms with E-state index in [0.29, 0.717) is 0 Å². The van der Waals surface area contributed by atoms with Crippen LogP contribution in [0.2, 0.25) is 0 Å². The van der Waals surface area contributed by atoms with E-state index in [1.54, 1.807) is 78.9 Å². The standard InChI is InChI=1S/C24H20O6S/c25-17-10-6-15(7-11-17)22-20-14-21(31(27,28)30-19-4-2-1-3-5-19)24(29-20)23(22)16-8-12-18(26)13-9-16/h1-13,20-21,24-26H,14H2/t20-,21-,24-/m0/s1. The Balaban J connectivity index is 1.58. The molecular weight excluding hydrogens is 416 g/mol. The van der Waals surface area contributed by atoms with Crippen molar-refractivity contribution in [3.05, 3.63) is 90.0 Å². The minimum absolute atomic E-state index is 0.121. The molecule has 5 rings (SSSR count). The molecule has 0 radical (unpaired) electrons. The van der Waals surface area contributed by atoms with Crippen molar-refractivity contribution in [1.29, 1.82) is 0 Å². The highest BCUT2D eigenvalue weighted by molar-refractivity contribution is 7.87. The number of para-hydroxylation sites is 1. The minimum Gasteiger partial charge on any atom is -0.508 e. The molecule has 0 spiro atoms. The van der Waals surface area contributed by atoms with E-state index in [9.17, 15) is 18.6 Å². The number of fused-ring (bicyclic) bond motifs is 2. The molecule has 3 aromatic carbocycles. The van der Waals surface area contributed by atoms with Crippen molar-refractivity contribution >= 4 is 21.3 Å². The fraction of sp³-hybridized carbons (Fsp3) is 0.167. The van der Waals surface area contributed by atoms with Crippen molar-refractivity contribution in [1.82, 2.24) is 0 Å². The molecule has 2 heterocycles. The van der Waals surface area contributed by atoms with E-state index >= 15 is 0 Å². The maximum atomic E-state index is 13.1. The van der Waals surface area contributed by atoms with Gasteiger partial charge in [-0.25, -0.2) is 0 Å². The summed E-state index contributed by atoms with van der Waals surface area (Å²) >= 11 is 0. The lowest BCUT2D eigenvalue weighted by molar-refractivity contribution is 0.128. The quantitative estimate of drug-likeness (QED) is 0.588. The summed E-state index contributed by atoms with van der Waals surface area (Å²) in [5, 5.41) is 18.5. The lowest BCUT2D eigenvalue weighted by Gasteiger charge is -2.24. The maximum Gasteiger partial charge on any atom is 0.315 e. The van der Waals surface area contributed by atoms with Gasteiger partial charge in [-0.3, -0.25) is 0 Å². The van der Waals surface area contributed by atoms with Gasteiger partial charge >= 0.3 is 10.1 Å². The Morgan fingerprint density at radius 3 is 1.90 bits per heavy atom. The van der Waals surface area contributed by atoms with Gasteiger partial charge in [-0.05, 0) is 58.7 Å². The first-order valence-corrected chi connectivity index (χ1v) is 11.4. The van der Waals surface area contributed by atoms with E-state index in [2.05, 4.69) is 0 Å². The van der Waals surface area contributed by atoms with Crippen molar-refractivity contribution in [2.24, 2.45) is 0 Å². The van der Waals surface area contributed by atoms with Crippen molar-refractivity contribution in [2.75, 3.05) is 0 Å². The van der Waals surface area contributed by atoms with Gasteiger partial charge in [0.2, 0.25) is 0 Å². The van der Waals surface area contributed by atoms with Gasteiger partial charge in [-0.2, -0.15) is 8.42 Å². The first-order valence-electron chi connectivity index (χ1n) is 9.89. The van der Waals surface area contributed by atoms with Crippen LogP contribution in [-0.2, 0) is 14.9 Å². The van der Waals surface area contributed by atoms with Crippen LogP contribution in [0, 0.1) is 0 Å². The van der Waals surface area contributed by atoms with E-state index in [-0.39, 0.29) is 23.7 Å². The van der Waals surface area contributed by atoms with Crippen LogP contribution in [0.4, 0.5) is 0 Å². The van der Waals surface area contributed by atoms with Crippen LogP contribution in [-0.4, -0.2) is 36.1 Å². The zero-order valence-electron chi connectivity index (χ0n) is 16.4. The summed E-state index contributed by atoms with van der Waals surface area (Å²) in [5.74, 6) is 0.534. The van der Waals surface area contributed by atoms with E-state index < -0.39 is 27.6 Å². The highest BCUT2D eigenvalue weighted by Gasteiger charge is 2.53. The summed E-state index contributed by atoms with van der Waals surface area (Å²) in [5.41, 5.74) is 3.27. The van der Waals surface area contributed by atoms with Gasteiger partial charge in [0.25, 0.3) is 0 Å². The molecule has 1 saturated heterocycles. The predicted octanol–water partition coefficient (Wildman–Crippen LogP) is 3.96. The number of phenolic OH excluding ortho intramolecular Hbond substituents is 2. The fourth-order valence-electron chi connectivity index (χ4n) is 4.31. The van der Waals surface area contributed by atoms with E-state index in [0.717, 1.165) is 22.3 Å². The molecule has 0 aromatic heterocycles. The second-order valence-corrected chi connectivity index (χ2v) is 9.39. The lowest BCUT2D eigenvalue weighted by atomic mass is 9.83. The fourth-order valence-corrected chi connectivity index (χ4v) is 5.72. The molecule has 0 saturated carbocycles. The van der Waals surface area contributed by atoms with Gasteiger partial charge in [-0.15, -0.1) is 0 Å². The van der Waals surface area contributed by atoms with Crippen LogP contribution in [0.1, 0.15) is 17.5 Å². The Hall–Kier alpha value is -3.29. The third-order valence-electron chi connectivity index (χ3n) is 5.67. The third kappa shape index (κ3) is 3.56. The molecule has 2 bridgehead atoms. The van der Waals surface area contributed by atoms with Crippen molar-refractivity contribution in [2.45, 2.75) is 23.9 Å². The molecule has 2 aliphatic heterocycles. The van der Waals surface area contributed by atoms with Crippen molar-refractivity contribution in [3.63, 3.8) is 0 Å². The SMILES string of the molecule is O=S(=O)(Oc1ccccc1)[C@H]1C[C@@H]2O[C@@H]1C(c1ccc(O)cc1)=C2c1ccc(O)cc1. The second-order valence-electron chi connectivity index (χ2n) is 7.63. The Bertz CT molecular complexity index is 1230. The average Bonchev–Trinajstić information content (AvgIpc) is 3.35. The number of benzene rings is 3. The molecular formula is C24H20O6S.